The largest absolute Gasteiger partial charge is 0.481 e. The lowest BCUT2D eigenvalue weighted by molar-refractivity contribution is -0.122. The number of hydrogen-bond acceptors (Lipinski definition) is 3. The molecule has 0 radical (unpaired) electrons. The van der Waals surface area contributed by atoms with Gasteiger partial charge in [-0.05, 0) is 42.9 Å². The molecule has 0 saturated heterocycles. The second kappa shape index (κ2) is 8.06. The Morgan fingerprint density at radius 3 is 2.39 bits per heavy atom. The highest BCUT2D eigenvalue weighted by Crippen LogP contribution is 2.28. The van der Waals surface area contributed by atoms with Crippen molar-refractivity contribution in [3.05, 3.63) is 54.1 Å². The smallest absolute Gasteiger partial charge is 0.265 e. The van der Waals surface area contributed by atoms with E-state index in [1.807, 2.05) is 54.8 Å². The number of rotatable bonds is 6. The van der Waals surface area contributed by atoms with E-state index < -0.39 is 6.10 Å². The highest BCUT2D eigenvalue weighted by Gasteiger charge is 2.18. The number of ether oxygens (including phenoxy) is 1. The number of hydrogen-bond donors (Lipinski definition) is 1. The lowest BCUT2D eigenvalue weighted by Gasteiger charge is -2.19. The second-order valence-electron chi connectivity index (χ2n) is 5.64. The molecule has 2 aromatic carbocycles. The Hall–Kier alpha value is -1.94. The van der Waals surface area contributed by atoms with Crippen LogP contribution in [0.25, 0.3) is 0 Å². The lowest BCUT2D eigenvalue weighted by atomic mass is 10.0. The lowest BCUT2D eigenvalue weighted by Crippen LogP contribution is -2.30. The van der Waals surface area contributed by atoms with Gasteiger partial charge in [0.2, 0.25) is 0 Å². The minimum Gasteiger partial charge on any atom is -0.481 e. The fourth-order valence-electron chi connectivity index (χ4n) is 2.29. The molecule has 0 bridgehead atoms. The molecule has 2 aromatic rings. The number of para-hydroxylation sites is 2. The van der Waals surface area contributed by atoms with Gasteiger partial charge in [0.05, 0.1) is 5.69 Å². The van der Waals surface area contributed by atoms with Gasteiger partial charge in [-0.15, -0.1) is 11.8 Å². The first-order valence-electron chi connectivity index (χ1n) is 7.72. The van der Waals surface area contributed by atoms with Gasteiger partial charge < -0.3 is 10.1 Å². The Morgan fingerprint density at radius 1 is 1.04 bits per heavy atom. The van der Waals surface area contributed by atoms with Crippen LogP contribution >= 0.6 is 11.8 Å². The zero-order valence-corrected chi connectivity index (χ0v) is 14.8. The van der Waals surface area contributed by atoms with Gasteiger partial charge in [0.15, 0.2) is 6.10 Å². The topological polar surface area (TPSA) is 38.3 Å². The number of nitrogens with one attached hydrogen (secondary N) is 1. The average molecular weight is 329 g/mol. The Bertz CT molecular complexity index is 670. The summed E-state index contributed by atoms with van der Waals surface area (Å²) < 4.78 is 5.90. The zero-order valence-electron chi connectivity index (χ0n) is 14.0. The molecule has 0 aliphatic rings. The molecule has 4 heteroatoms. The van der Waals surface area contributed by atoms with Gasteiger partial charge in [-0.25, -0.2) is 0 Å². The Balaban J connectivity index is 2.09. The molecule has 0 aliphatic carbocycles. The maximum atomic E-state index is 12.4. The zero-order chi connectivity index (χ0) is 16.8. The van der Waals surface area contributed by atoms with Crippen molar-refractivity contribution in [2.45, 2.75) is 37.7 Å². The molecule has 1 unspecified atom stereocenters. The second-order valence-corrected chi connectivity index (χ2v) is 6.49. The predicted octanol–water partition coefficient (Wildman–Crippen LogP) is 4.94. The van der Waals surface area contributed by atoms with E-state index in [0.29, 0.717) is 5.92 Å². The van der Waals surface area contributed by atoms with Crippen LogP contribution in [0.15, 0.2) is 53.4 Å². The van der Waals surface area contributed by atoms with Gasteiger partial charge in [-0.1, -0.05) is 44.2 Å². The number of carbonyl (C=O) groups excluding carboxylic acids is 1. The number of benzene rings is 2. The van der Waals surface area contributed by atoms with Crippen molar-refractivity contribution in [3.63, 3.8) is 0 Å². The van der Waals surface area contributed by atoms with Crippen LogP contribution in [0.3, 0.4) is 0 Å². The van der Waals surface area contributed by atoms with Crippen LogP contribution in [0.2, 0.25) is 0 Å². The molecular weight excluding hydrogens is 306 g/mol. The molecule has 0 aromatic heterocycles. The molecule has 1 amide bonds. The van der Waals surface area contributed by atoms with Gasteiger partial charge >= 0.3 is 0 Å². The van der Waals surface area contributed by atoms with Crippen molar-refractivity contribution in [1.82, 2.24) is 0 Å². The van der Waals surface area contributed by atoms with Gasteiger partial charge in [-0.2, -0.15) is 0 Å². The summed E-state index contributed by atoms with van der Waals surface area (Å²) in [7, 11) is 0. The first-order chi connectivity index (χ1) is 11.0. The van der Waals surface area contributed by atoms with Crippen LogP contribution in [-0.4, -0.2) is 18.3 Å². The quantitative estimate of drug-likeness (QED) is 0.763. The van der Waals surface area contributed by atoms with Gasteiger partial charge in [0, 0.05) is 4.90 Å². The summed E-state index contributed by atoms with van der Waals surface area (Å²) in [5.41, 5.74) is 1.93. The predicted molar refractivity (Wildman–Crippen MR) is 97.5 cm³/mol. The van der Waals surface area contributed by atoms with E-state index in [9.17, 15) is 4.79 Å². The van der Waals surface area contributed by atoms with E-state index in [2.05, 4.69) is 19.2 Å². The SMILES string of the molecule is CSc1ccccc1NC(=O)C(C)Oc1ccccc1C(C)C. The molecule has 2 rings (SSSR count). The van der Waals surface area contributed by atoms with Crippen molar-refractivity contribution in [3.8, 4) is 5.75 Å². The van der Waals surface area contributed by atoms with Crippen LogP contribution in [0.1, 0.15) is 32.3 Å². The third kappa shape index (κ3) is 4.52. The number of amides is 1. The molecule has 0 aliphatic heterocycles. The first kappa shape index (κ1) is 17.4. The van der Waals surface area contributed by atoms with Crippen LogP contribution in [0, 0.1) is 0 Å². The maximum Gasteiger partial charge on any atom is 0.265 e. The monoisotopic (exact) mass is 329 g/mol. The van der Waals surface area contributed by atoms with Gasteiger partial charge in [-0.3, -0.25) is 4.79 Å². The third-order valence-corrected chi connectivity index (χ3v) is 4.37. The van der Waals surface area contributed by atoms with Crippen LogP contribution in [-0.2, 0) is 4.79 Å². The number of anilines is 1. The summed E-state index contributed by atoms with van der Waals surface area (Å²) in [5.74, 6) is 0.965. The summed E-state index contributed by atoms with van der Waals surface area (Å²) >= 11 is 1.60. The van der Waals surface area contributed by atoms with Crippen molar-refractivity contribution >= 4 is 23.4 Å². The van der Waals surface area contributed by atoms with Crippen molar-refractivity contribution < 1.29 is 9.53 Å². The van der Waals surface area contributed by atoms with Crippen LogP contribution < -0.4 is 10.1 Å². The highest BCUT2D eigenvalue weighted by atomic mass is 32.2. The molecule has 0 saturated carbocycles. The summed E-state index contributed by atoms with van der Waals surface area (Å²) in [6, 6.07) is 15.6. The van der Waals surface area contributed by atoms with E-state index in [4.69, 9.17) is 4.74 Å². The number of carbonyl (C=O) groups is 1. The Labute approximate surface area is 142 Å². The van der Waals surface area contributed by atoms with Gasteiger partial charge in [0.1, 0.15) is 5.75 Å². The molecule has 0 fully saturated rings. The molecule has 23 heavy (non-hydrogen) atoms. The molecular formula is C19H23NO2S. The van der Waals surface area contributed by atoms with Crippen molar-refractivity contribution in [1.29, 1.82) is 0 Å². The summed E-state index contributed by atoms with van der Waals surface area (Å²) in [5, 5.41) is 2.95. The molecule has 122 valence electrons. The first-order valence-corrected chi connectivity index (χ1v) is 8.95. The van der Waals surface area contributed by atoms with Crippen molar-refractivity contribution in [2.75, 3.05) is 11.6 Å². The standard InChI is InChI=1S/C19H23NO2S/c1-13(2)15-9-5-7-11-17(15)22-14(3)19(21)20-16-10-6-8-12-18(16)23-4/h5-14H,1-4H3,(H,20,21). The van der Waals surface area contributed by atoms with Gasteiger partial charge in [0.25, 0.3) is 5.91 Å². The number of thioether (sulfide) groups is 1. The molecule has 0 spiro atoms. The molecule has 1 N–H and O–H groups in total. The van der Waals surface area contributed by atoms with Crippen molar-refractivity contribution in [2.24, 2.45) is 0 Å². The third-order valence-electron chi connectivity index (χ3n) is 3.58. The fourth-order valence-corrected chi connectivity index (χ4v) is 2.84. The van der Waals surface area contributed by atoms with E-state index >= 15 is 0 Å². The van der Waals surface area contributed by atoms with E-state index in [-0.39, 0.29) is 5.91 Å². The Kier molecular flexibility index (Phi) is 6.11. The maximum absolute atomic E-state index is 12.4. The minimum atomic E-state index is -0.565. The molecule has 3 nitrogen and oxygen atoms in total. The average Bonchev–Trinajstić information content (AvgIpc) is 2.55. The molecule has 1 atom stereocenters. The fraction of sp³-hybridized carbons (Fsp3) is 0.316. The minimum absolute atomic E-state index is 0.148. The van der Waals surface area contributed by atoms with Crippen LogP contribution in [0.5, 0.6) is 5.75 Å². The molecule has 0 heterocycles. The highest BCUT2D eigenvalue weighted by molar-refractivity contribution is 7.98. The van der Waals surface area contributed by atoms with E-state index in [1.165, 1.54) is 0 Å². The summed E-state index contributed by atoms with van der Waals surface area (Å²) in [4.78, 5) is 13.5. The van der Waals surface area contributed by atoms with Crippen LogP contribution in [0.4, 0.5) is 5.69 Å². The summed E-state index contributed by atoms with van der Waals surface area (Å²) in [6.07, 6.45) is 1.42. The summed E-state index contributed by atoms with van der Waals surface area (Å²) in [6.45, 7) is 6.00. The van der Waals surface area contributed by atoms with E-state index in [0.717, 1.165) is 21.9 Å². The Morgan fingerprint density at radius 2 is 1.70 bits per heavy atom. The van der Waals surface area contributed by atoms with E-state index in [1.54, 1.807) is 18.7 Å². The normalized spacial score (nSPS) is 12.0.